The van der Waals surface area contributed by atoms with Gasteiger partial charge in [0, 0.05) is 24.5 Å². The number of carbonyl (C=O) groups is 1. The second-order valence-corrected chi connectivity index (χ2v) is 6.19. The first-order chi connectivity index (χ1) is 9.44. The quantitative estimate of drug-likeness (QED) is 0.903. The van der Waals surface area contributed by atoms with Crippen molar-refractivity contribution in [1.29, 1.82) is 0 Å². The maximum Gasteiger partial charge on any atom is 0.317 e. The fourth-order valence-corrected chi connectivity index (χ4v) is 2.23. The van der Waals surface area contributed by atoms with Crippen molar-refractivity contribution in [2.75, 3.05) is 13.1 Å². The second-order valence-electron chi connectivity index (χ2n) is 6.19. The predicted octanol–water partition coefficient (Wildman–Crippen LogP) is 2.43. The predicted molar refractivity (Wildman–Crippen MR) is 77.7 cm³/mol. The van der Waals surface area contributed by atoms with Crippen LogP contribution in [0.4, 0.5) is 4.79 Å². The molecule has 1 atom stereocenters. The van der Waals surface area contributed by atoms with Crippen LogP contribution in [0.3, 0.4) is 0 Å². The number of hydrogen-bond donors (Lipinski definition) is 1. The Labute approximate surface area is 120 Å². The Morgan fingerprint density at radius 2 is 2.10 bits per heavy atom. The van der Waals surface area contributed by atoms with Crippen molar-refractivity contribution in [2.45, 2.75) is 45.3 Å². The molecule has 2 rings (SSSR count). The Morgan fingerprint density at radius 1 is 1.40 bits per heavy atom. The number of nitrogens with zero attached hydrogens (tertiary/aromatic N) is 2. The van der Waals surface area contributed by atoms with Crippen molar-refractivity contribution in [1.82, 2.24) is 15.2 Å². The summed E-state index contributed by atoms with van der Waals surface area (Å²) >= 11 is 0. The lowest BCUT2D eigenvalue weighted by molar-refractivity contribution is 0.0986. The molecule has 0 unspecified atom stereocenters. The third kappa shape index (κ3) is 4.40. The van der Waals surface area contributed by atoms with Crippen LogP contribution in [0.15, 0.2) is 24.5 Å². The SMILES string of the molecule is CC(C)(C)NC(=O)N1CCC[C@@H](Oc2ccncc2)C1. The fraction of sp³-hybridized carbons (Fsp3) is 0.600. The van der Waals surface area contributed by atoms with Crippen molar-refractivity contribution in [3.8, 4) is 5.75 Å². The number of pyridine rings is 1. The summed E-state index contributed by atoms with van der Waals surface area (Å²) in [6, 6.07) is 3.67. The number of rotatable bonds is 2. The van der Waals surface area contributed by atoms with Crippen LogP contribution >= 0.6 is 0 Å². The van der Waals surface area contributed by atoms with E-state index in [0.717, 1.165) is 25.1 Å². The molecule has 0 bridgehead atoms. The van der Waals surface area contributed by atoms with Gasteiger partial charge in [-0.2, -0.15) is 0 Å². The highest BCUT2D eigenvalue weighted by molar-refractivity contribution is 5.75. The number of aromatic nitrogens is 1. The van der Waals surface area contributed by atoms with Crippen LogP contribution in [0.5, 0.6) is 5.75 Å². The van der Waals surface area contributed by atoms with Gasteiger partial charge in [-0.05, 0) is 45.7 Å². The molecule has 0 radical (unpaired) electrons. The molecule has 0 aromatic carbocycles. The van der Waals surface area contributed by atoms with Crippen molar-refractivity contribution < 1.29 is 9.53 Å². The molecule has 0 saturated carbocycles. The summed E-state index contributed by atoms with van der Waals surface area (Å²) in [5, 5.41) is 2.99. The number of nitrogens with one attached hydrogen (secondary N) is 1. The Kier molecular flexibility index (Phi) is 4.47. The van der Waals surface area contributed by atoms with Crippen LogP contribution in [-0.2, 0) is 0 Å². The molecule has 1 aliphatic rings. The van der Waals surface area contributed by atoms with Gasteiger partial charge in [0.25, 0.3) is 0 Å². The van der Waals surface area contributed by atoms with E-state index in [1.54, 1.807) is 12.4 Å². The van der Waals surface area contributed by atoms with E-state index < -0.39 is 0 Å². The molecule has 1 N–H and O–H groups in total. The Balaban J connectivity index is 1.90. The summed E-state index contributed by atoms with van der Waals surface area (Å²) in [5.74, 6) is 0.808. The van der Waals surface area contributed by atoms with E-state index in [0.29, 0.717) is 6.54 Å². The van der Waals surface area contributed by atoms with E-state index >= 15 is 0 Å². The first-order valence-electron chi connectivity index (χ1n) is 7.08. The standard InChI is InChI=1S/C15H23N3O2/c1-15(2,3)17-14(19)18-10-4-5-13(11-18)20-12-6-8-16-9-7-12/h6-9,13H,4-5,10-11H2,1-3H3,(H,17,19)/t13-/m1/s1. The molecule has 20 heavy (non-hydrogen) atoms. The van der Waals surface area contributed by atoms with Crippen LogP contribution < -0.4 is 10.1 Å². The van der Waals surface area contributed by atoms with Crippen molar-refractivity contribution in [3.63, 3.8) is 0 Å². The van der Waals surface area contributed by atoms with Crippen LogP contribution in [0.1, 0.15) is 33.6 Å². The largest absolute Gasteiger partial charge is 0.488 e. The molecule has 1 saturated heterocycles. The first-order valence-corrected chi connectivity index (χ1v) is 7.08. The van der Waals surface area contributed by atoms with E-state index in [1.165, 1.54) is 0 Å². The highest BCUT2D eigenvalue weighted by Crippen LogP contribution is 2.18. The molecule has 1 aromatic heterocycles. The fourth-order valence-electron chi connectivity index (χ4n) is 2.23. The molecule has 0 aliphatic carbocycles. The molecule has 0 spiro atoms. The highest BCUT2D eigenvalue weighted by atomic mass is 16.5. The molecule has 5 nitrogen and oxygen atoms in total. The first kappa shape index (κ1) is 14.6. The van der Waals surface area contributed by atoms with E-state index in [4.69, 9.17) is 4.74 Å². The van der Waals surface area contributed by atoms with Crippen LogP contribution in [0.25, 0.3) is 0 Å². The molecule has 1 aliphatic heterocycles. The molecule has 2 amide bonds. The topological polar surface area (TPSA) is 54.5 Å². The second kappa shape index (κ2) is 6.11. The minimum absolute atomic E-state index is 0.0134. The number of carbonyl (C=O) groups excluding carboxylic acids is 1. The Morgan fingerprint density at radius 3 is 2.75 bits per heavy atom. The smallest absolute Gasteiger partial charge is 0.317 e. The zero-order valence-electron chi connectivity index (χ0n) is 12.4. The summed E-state index contributed by atoms with van der Waals surface area (Å²) in [7, 11) is 0. The van der Waals surface area contributed by atoms with Gasteiger partial charge in [-0.3, -0.25) is 4.98 Å². The summed E-state index contributed by atoms with van der Waals surface area (Å²) in [5.41, 5.74) is -0.212. The third-order valence-corrected chi connectivity index (χ3v) is 3.10. The average Bonchev–Trinajstić information content (AvgIpc) is 2.38. The summed E-state index contributed by atoms with van der Waals surface area (Å²) < 4.78 is 5.90. The minimum Gasteiger partial charge on any atom is -0.488 e. The number of amides is 2. The van der Waals surface area contributed by atoms with Crippen LogP contribution in [-0.4, -0.2) is 40.6 Å². The van der Waals surface area contributed by atoms with E-state index in [-0.39, 0.29) is 17.7 Å². The molecular formula is C15H23N3O2. The van der Waals surface area contributed by atoms with Crippen LogP contribution in [0.2, 0.25) is 0 Å². The molecule has 110 valence electrons. The number of piperidine rings is 1. The maximum absolute atomic E-state index is 12.2. The maximum atomic E-state index is 12.2. The number of urea groups is 1. The Hall–Kier alpha value is -1.78. The van der Waals surface area contributed by atoms with Gasteiger partial charge < -0.3 is 15.0 Å². The van der Waals surface area contributed by atoms with E-state index in [1.807, 2.05) is 37.8 Å². The van der Waals surface area contributed by atoms with Gasteiger partial charge in [-0.1, -0.05) is 0 Å². The monoisotopic (exact) mass is 277 g/mol. The van der Waals surface area contributed by atoms with Gasteiger partial charge in [0.1, 0.15) is 11.9 Å². The van der Waals surface area contributed by atoms with Gasteiger partial charge >= 0.3 is 6.03 Å². The molecule has 1 fully saturated rings. The molecule has 5 heteroatoms. The summed E-state index contributed by atoms with van der Waals surface area (Å²) in [4.78, 5) is 18.0. The van der Waals surface area contributed by atoms with Crippen molar-refractivity contribution in [2.24, 2.45) is 0 Å². The third-order valence-electron chi connectivity index (χ3n) is 3.10. The zero-order chi connectivity index (χ0) is 14.6. The normalized spacial score (nSPS) is 19.6. The summed E-state index contributed by atoms with van der Waals surface area (Å²) in [6.45, 7) is 7.38. The lowest BCUT2D eigenvalue weighted by Crippen LogP contribution is -2.53. The van der Waals surface area contributed by atoms with Gasteiger partial charge in [0.15, 0.2) is 0 Å². The number of likely N-dealkylation sites (tertiary alicyclic amines) is 1. The lowest BCUT2D eigenvalue weighted by Gasteiger charge is -2.35. The highest BCUT2D eigenvalue weighted by Gasteiger charge is 2.26. The van der Waals surface area contributed by atoms with E-state index in [2.05, 4.69) is 10.3 Å². The van der Waals surface area contributed by atoms with Crippen molar-refractivity contribution >= 4 is 6.03 Å². The molecular weight excluding hydrogens is 254 g/mol. The summed E-state index contributed by atoms with van der Waals surface area (Å²) in [6.07, 6.45) is 5.41. The minimum atomic E-state index is -0.212. The zero-order valence-corrected chi connectivity index (χ0v) is 12.4. The number of hydrogen-bond acceptors (Lipinski definition) is 3. The van der Waals surface area contributed by atoms with E-state index in [9.17, 15) is 4.79 Å². The lowest BCUT2D eigenvalue weighted by atomic mass is 10.1. The van der Waals surface area contributed by atoms with Crippen LogP contribution in [0, 0.1) is 0 Å². The Bertz CT molecular complexity index is 442. The number of ether oxygens (including phenoxy) is 1. The van der Waals surface area contributed by atoms with Gasteiger partial charge in [-0.25, -0.2) is 4.79 Å². The van der Waals surface area contributed by atoms with Gasteiger partial charge in [0.05, 0.1) is 6.54 Å². The van der Waals surface area contributed by atoms with Gasteiger partial charge in [-0.15, -0.1) is 0 Å². The molecule has 1 aromatic rings. The molecule has 2 heterocycles. The van der Waals surface area contributed by atoms with Crippen molar-refractivity contribution in [3.05, 3.63) is 24.5 Å². The average molecular weight is 277 g/mol. The van der Waals surface area contributed by atoms with Gasteiger partial charge in [0.2, 0.25) is 0 Å².